The number of aliphatic hydroxyl groups excluding tert-OH is 3. The van der Waals surface area contributed by atoms with E-state index in [-0.39, 0.29) is 47.4 Å². The lowest BCUT2D eigenvalue weighted by Gasteiger charge is -2.37. The van der Waals surface area contributed by atoms with Crippen LogP contribution in [0.4, 0.5) is 20.2 Å². The molecule has 6 atom stereocenters. The fourth-order valence-electron chi connectivity index (χ4n) is 6.62. The second-order valence-corrected chi connectivity index (χ2v) is 12.9. The molecular formula is C35H37ClF2N4O6. The molecule has 1 fully saturated rings. The number of nitrogens with zero attached hydrogens (tertiary/aromatic N) is 2. The van der Waals surface area contributed by atoms with Crippen LogP contribution < -0.4 is 10.6 Å². The number of carbonyl (C=O) groups is 2. The standard InChI is InChI=1S/C35H37ClF2N4O6/c1-18-3-2-4-27(42-12-10-20(14-31(42)45)32-24(37)8-7-23(36)33(32)38)26-13-19(9-11-39-26)22-6-5-21(15-25(22)41-35(18)47)40-30-16-28(44)34(46)29(17-43)48-30/h5-9,11,13-15,18,27-30,34,40,43-44,46H,2-4,10,12,16-17H2,1H3,(H,41,47)/t18-,27+,28-,29-,30?,34+/m1/s1. The van der Waals surface area contributed by atoms with Crippen molar-refractivity contribution >= 4 is 40.4 Å². The number of rotatable bonds is 5. The van der Waals surface area contributed by atoms with Crippen LogP contribution in [0.25, 0.3) is 16.7 Å². The summed E-state index contributed by atoms with van der Waals surface area (Å²) in [7, 11) is 0. The summed E-state index contributed by atoms with van der Waals surface area (Å²) in [6, 6.07) is 10.8. The Bertz CT molecular complexity index is 1740. The molecule has 4 heterocycles. The number of carbonyl (C=O) groups excluding carboxylic acids is 2. The third-order valence-electron chi connectivity index (χ3n) is 9.29. The van der Waals surface area contributed by atoms with Gasteiger partial charge in [0.1, 0.15) is 24.3 Å². The zero-order valence-electron chi connectivity index (χ0n) is 26.2. The topological polar surface area (TPSA) is 144 Å². The Kier molecular flexibility index (Phi) is 10.1. The van der Waals surface area contributed by atoms with Crippen molar-refractivity contribution in [3.8, 4) is 11.1 Å². The number of anilines is 2. The molecule has 3 aliphatic heterocycles. The molecule has 1 unspecified atom stereocenters. The van der Waals surface area contributed by atoms with Crippen LogP contribution in [0.15, 0.2) is 54.7 Å². The van der Waals surface area contributed by atoms with Gasteiger partial charge in [0.25, 0.3) is 0 Å². The van der Waals surface area contributed by atoms with Crippen molar-refractivity contribution in [3.05, 3.63) is 82.7 Å². The average Bonchev–Trinajstić information content (AvgIpc) is 3.06. The number of aliphatic hydroxyl groups is 3. The summed E-state index contributed by atoms with van der Waals surface area (Å²) in [4.78, 5) is 33.2. The van der Waals surface area contributed by atoms with Crippen LogP contribution in [0.3, 0.4) is 0 Å². The van der Waals surface area contributed by atoms with E-state index in [1.807, 2.05) is 25.1 Å². The van der Waals surface area contributed by atoms with E-state index in [2.05, 4.69) is 15.6 Å². The number of pyridine rings is 1. The highest BCUT2D eigenvalue weighted by Gasteiger charge is 2.36. The zero-order valence-corrected chi connectivity index (χ0v) is 27.0. The van der Waals surface area contributed by atoms with Crippen molar-refractivity contribution < 1.29 is 38.4 Å². The number of ether oxygens (including phenoxy) is 1. The largest absolute Gasteiger partial charge is 0.394 e. The van der Waals surface area contributed by atoms with Gasteiger partial charge < -0.3 is 35.6 Å². The highest BCUT2D eigenvalue weighted by molar-refractivity contribution is 6.31. The molecule has 2 bridgehead atoms. The van der Waals surface area contributed by atoms with Gasteiger partial charge >= 0.3 is 0 Å². The van der Waals surface area contributed by atoms with Crippen molar-refractivity contribution in [2.45, 2.75) is 69.6 Å². The molecule has 6 rings (SSSR count). The normalized spacial score (nSPS) is 26.5. The molecule has 48 heavy (non-hydrogen) atoms. The van der Waals surface area contributed by atoms with Gasteiger partial charge in [0.2, 0.25) is 11.8 Å². The Hall–Kier alpha value is -3.94. The van der Waals surface area contributed by atoms with Crippen molar-refractivity contribution in [2.75, 3.05) is 23.8 Å². The Morgan fingerprint density at radius 1 is 1.12 bits per heavy atom. The lowest BCUT2D eigenvalue weighted by Crippen LogP contribution is -2.51. The number of fused-ring (bicyclic) bond motifs is 4. The molecule has 2 amide bonds. The maximum atomic E-state index is 14.8. The van der Waals surface area contributed by atoms with E-state index in [0.717, 1.165) is 17.7 Å². The predicted molar refractivity (Wildman–Crippen MR) is 176 cm³/mol. The minimum atomic E-state index is -1.21. The third-order valence-corrected chi connectivity index (χ3v) is 9.59. The van der Waals surface area contributed by atoms with Crippen molar-refractivity contribution in [2.24, 2.45) is 5.92 Å². The molecule has 0 aliphatic carbocycles. The number of halogens is 3. The number of amides is 2. The lowest BCUT2D eigenvalue weighted by molar-refractivity contribution is -0.172. The summed E-state index contributed by atoms with van der Waals surface area (Å²) >= 11 is 5.91. The Labute approximate surface area is 281 Å². The van der Waals surface area contributed by atoms with Crippen molar-refractivity contribution in [1.82, 2.24) is 9.88 Å². The van der Waals surface area contributed by atoms with Gasteiger partial charge in [0, 0.05) is 42.4 Å². The first-order valence-corrected chi connectivity index (χ1v) is 16.4. The summed E-state index contributed by atoms with van der Waals surface area (Å²) in [5.41, 5.74) is 3.14. The molecular weight excluding hydrogens is 646 g/mol. The van der Waals surface area contributed by atoms with Gasteiger partial charge in [-0.15, -0.1) is 0 Å². The highest BCUT2D eigenvalue weighted by atomic mass is 35.5. The SMILES string of the molecule is C[C@@H]1CCC[C@H](N2CCC(c3c(F)ccc(Cl)c3F)=CC2=O)c2cc(ccn2)-c2ccc(NC3C[C@@H](O)[C@H](O)[C@@H](CO)O3)cc2NC1=O. The predicted octanol–water partition coefficient (Wildman–Crippen LogP) is 5.04. The van der Waals surface area contributed by atoms with Crippen LogP contribution >= 0.6 is 11.6 Å². The first-order chi connectivity index (χ1) is 23.0. The van der Waals surface area contributed by atoms with Gasteiger partial charge in [0.05, 0.1) is 40.7 Å². The first kappa shape index (κ1) is 33.9. The summed E-state index contributed by atoms with van der Waals surface area (Å²) in [5, 5.41) is 35.9. The summed E-state index contributed by atoms with van der Waals surface area (Å²) in [6.07, 6.45) is 0.936. The number of nitrogens with one attached hydrogen (secondary N) is 2. The van der Waals surface area contributed by atoms with Crippen LogP contribution in [0.2, 0.25) is 5.02 Å². The van der Waals surface area contributed by atoms with Gasteiger partial charge in [-0.2, -0.15) is 0 Å². The molecule has 0 spiro atoms. The maximum absolute atomic E-state index is 14.8. The van der Waals surface area contributed by atoms with E-state index in [9.17, 15) is 33.7 Å². The number of hydrogen-bond donors (Lipinski definition) is 5. The van der Waals surface area contributed by atoms with E-state index in [1.54, 1.807) is 23.2 Å². The minimum absolute atomic E-state index is 0.0854. The number of aromatic nitrogens is 1. The minimum Gasteiger partial charge on any atom is -0.394 e. The second kappa shape index (κ2) is 14.3. The molecule has 10 nitrogen and oxygen atoms in total. The number of hydrogen-bond acceptors (Lipinski definition) is 8. The Morgan fingerprint density at radius 2 is 1.94 bits per heavy atom. The van der Waals surface area contributed by atoms with Gasteiger partial charge in [0.15, 0.2) is 5.82 Å². The van der Waals surface area contributed by atoms with E-state index >= 15 is 0 Å². The van der Waals surface area contributed by atoms with E-state index in [4.69, 9.17) is 16.3 Å². The average molecular weight is 683 g/mol. The van der Waals surface area contributed by atoms with Gasteiger partial charge in [-0.3, -0.25) is 14.6 Å². The first-order valence-electron chi connectivity index (χ1n) is 16.0. The van der Waals surface area contributed by atoms with Crippen molar-refractivity contribution in [3.63, 3.8) is 0 Å². The van der Waals surface area contributed by atoms with Crippen LogP contribution in [0.5, 0.6) is 0 Å². The molecule has 5 N–H and O–H groups in total. The fraction of sp³-hybridized carbons (Fsp3) is 0.400. The Balaban J connectivity index is 1.31. The van der Waals surface area contributed by atoms with Gasteiger partial charge in [-0.25, -0.2) is 8.78 Å². The molecule has 1 saturated heterocycles. The van der Waals surface area contributed by atoms with Gasteiger partial charge in [-0.05, 0) is 66.8 Å². The molecule has 2 aromatic carbocycles. The third kappa shape index (κ3) is 6.94. The van der Waals surface area contributed by atoms with E-state index in [0.29, 0.717) is 41.9 Å². The van der Waals surface area contributed by atoms with Crippen LogP contribution in [0, 0.1) is 17.6 Å². The van der Waals surface area contributed by atoms with Crippen LogP contribution in [0.1, 0.15) is 56.3 Å². The molecule has 1 aromatic heterocycles. The number of benzene rings is 2. The smallest absolute Gasteiger partial charge is 0.247 e. The van der Waals surface area contributed by atoms with Crippen LogP contribution in [-0.2, 0) is 14.3 Å². The Morgan fingerprint density at radius 3 is 2.71 bits per heavy atom. The summed E-state index contributed by atoms with van der Waals surface area (Å²) in [6.45, 7) is 1.59. The molecule has 0 saturated carbocycles. The van der Waals surface area contributed by atoms with Gasteiger partial charge in [-0.1, -0.05) is 31.0 Å². The molecule has 13 heteroatoms. The zero-order chi connectivity index (χ0) is 34.1. The van der Waals surface area contributed by atoms with E-state index in [1.165, 1.54) is 6.08 Å². The summed E-state index contributed by atoms with van der Waals surface area (Å²) < 4.78 is 35.2. The lowest BCUT2D eigenvalue weighted by atomic mass is 9.92. The molecule has 0 radical (unpaired) electrons. The fourth-order valence-corrected chi connectivity index (χ4v) is 6.78. The van der Waals surface area contributed by atoms with Crippen molar-refractivity contribution in [1.29, 1.82) is 0 Å². The highest BCUT2D eigenvalue weighted by Crippen LogP contribution is 2.38. The maximum Gasteiger partial charge on any atom is 0.247 e. The summed E-state index contributed by atoms with van der Waals surface area (Å²) in [5.74, 6) is -2.62. The molecule has 3 aliphatic rings. The van der Waals surface area contributed by atoms with Crippen LogP contribution in [-0.4, -0.2) is 74.7 Å². The molecule has 254 valence electrons. The van der Waals surface area contributed by atoms with E-state index < -0.39 is 54.7 Å². The monoisotopic (exact) mass is 682 g/mol. The second-order valence-electron chi connectivity index (χ2n) is 12.5. The quantitative estimate of drug-likeness (QED) is 0.236. The molecule has 3 aromatic rings.